The lowest BCUT2D eigenvalue weighted by Gasteiger charge is -2.40. The number of aromatic nitrogens is 1. The van der Waals surface area contributed by atoms with Crippen molar-refractivity contribution in [2.75, 3.05) is 18.0 Å². The van der Waals surface area contributed by atoms with Crippen LogP contribution in [0.25, 0.3) is 10.9 Å². The van der Waals surface area contributed by atoms with E-state index in [0.717, 1.165) is 25.0 Å². The number of pyridine rings is 1. The average molecular weight is 255 g/mol. The minimum atomic E-state index is 0.536. The minimum absolute atomic E-state index is 0.536. The van der Waals surface area contributed by atoms with Gasteiger partial charge in [-0.2, -0.15) is 0 Å². The summed E-state index contributed by atoms with van der Waals surface area (Å²) in [4.78, 5) is 7.09. The Labute approximate surface area is 114 Å². The number of piperazine rings is 1. The van der Waals surface area contributed by atoms with Gasteiger partial charge in [-0.25, -0.2) is 0 Å². The van der Waals surface area contributed by atoms with Crippen LogP contribution in [-0.4, -0.2) is 30.2 Å². The van der Waals surface area contributed by atoms with Gasteiger partial charge in [0.1, 0.15) is 0 Å². The van der Waals surface area contributed by atoms with E-state index in [1.165, 1.54) is 11.1 Å². The van der Waals surface area contributed by atoms with Crippen molar-refractivity contribution in [3.8, 4) is 0 Å². The molecule has 3 rings (SSSR count). The number of hydrogen-bond donors (Lipinski definition) is 1. The number of anilines is 1. The summed E-state index contributed by atoms with van der Waals surface area (Å²) in [6, 6.07) is 11.7. The summed E-state index contributed by atoms with van der Waals surface area (Å²) in [5.74, 6) is 0. The molecule has 100 valence electrons. The molecule has 1 aromatic heterocycles. The van der Waals surface area contributed by atoms with Gasteiger partial charge < -0.3 is 10.2 Å². The van der Waals surface area contributed by atoms with E-state index in [2.05, 4.69) is 53.3 Å². The van der Waals surface area contributed by atoms with E-state index in [0.29, 0.717) is 12.1 Å². The van der Waals surface area contributed by atoms with Crippen LogP contribution < -0.4 is 10.2 Å². The largest absolute Gasteiger partial charge is 0.364 e. The third-order valence-corrected chi connectivity index (χ3v) is 3.99. The van der Waals surface area contributed by atoms with Crippen LogP contribution in [0.2, 0.25) is 0 Å². The number of para-hydroxylation sites is 1. The number of hydrogen-bond acceptors (Lipinski definition) is 3. The second-order valence-corrected chi connectivity index (χ2v) is 5.41. The van der Waals surface area contributed by atoms with E-state index in [1.54, 1.807) is 0 Å². The molecule has 0 amide bonds. The standard InChI is InChI=1S/C16H21N3/c1-3-14-9-17-12(2)11-19(14)15-8-13-6-4-5-7-16(13)18-10-15/h4-8,10,12,14,17H,3,9,11H2,1-2H3. The van der Waals surface area contributed by atoms with Crippen molar-refractivity contribution in [1.82, 2.24) is 10.3 Å². The van der Waals surface area contributed by atoms with Crippen LogP contribution >= 0.6 is 0 Å². The second kappa shape index (κ2) is 5.17. The molecule has 2 aromatic rings. The first kappa shape index (κ1) is 12.4. The Kier molecular flexibility index (Phi) is 3.38. The number of rotatable bonds is 2. The van der Waals surface area contributed by atoms with Gasteiger partial charge in [-0.15, -0.1) is 0 Å². The van der Waals surface area contributed by atoms with E-state index in [-0.39, 0.29) is 0 Å². The van der Waals surface area contributed by atoms with Gasteiger partial charge in [-0.3, -0.25) is 4.98 Å². The highest BCUT2D eigenvalue weighted by atomic mass is 15.2. The van der Waals surface area contributed by atoms with E-state index in [4.69, 9.17) is 0 Å². The molecule has 1 aromatic carbocycles. The van der Waals surface area contributed by atoms with Crippen molar-refractivity contribution >= 4 is 16.6 Å². The molecule has 1 N–H and O–H groups in total. The maximum Gasteiger partial charge on any atom is 0.0703 e. The van der Waals surface area contributed by atoms with Crippen molar-refractivity contribution < 1.29 is 0 Å². The lowest BCUT2D eigenvalue weighted by Crippen LogP contribution is -2.55. The van der Waals surface area contributed by atoms with Gasteiger partial charge in [0.15, 0.2) is 0 Å². The summed E-state index contributed by atoms with van der Waals surface area (Å²) in [7, 11) is 0. The molecular formula is C16H21N3. The molecule has 0 bridgehead atoms. The molecule has 0 spiro atoms. The van der Waals surface area contributed by atoms with E-state index >= 15 is 0 Å². The monoisotopic (exact) mass is 255 g/mol. The Balaban J connectivity index is 1.97. The van der Waals surface area contributed by atoms with Crippen molar-refractivity contribution in [3.63, 3.8) is 0 Å². The SMILES string of the molecule is CCC1CNC(C)CN1c1cnc2ccccc2c1. The highest BCUT2D eigenvalue weighted by molar-refractivity contribution is 5.81. The predicted molar refractivity (Wildman–Crippen MR) is 80.6 cm³/mol. The van der Waals surface area contributed by atoms with Crippen molar-refractivity contribution in [2.45, 2.75) is 32.4 Å². The zero-order chi connectivity index (χ0) is 13.2. The molecule has 2 atom stereocenters. The van der Waals surface area contributed by atoms with Crippen LogP contribution in [0.4, 0.5) is 5.69 Å². The van der Waals surface area contributed by atoms with Crippen LogP contribution in [-0.2, 0) is 0 Å². The third-order valence-electron chi connectivity index (χ3n) is 3.99. The molecule has 1 aliphatic heterocycles. The summed E-state index contributed by atoms with van der Waals surface area (Å²) < 4.78 is 0. The highest BCUT2D eigenvalue weighted by Crippen LogP contribution is 2.24. The minimum Gasteiger partial charge on any atom is -0.364 e. The summed E-state index contributed by atoms with van der Waals surface area (Å²) in [6.45, 7) is 6.61. The third kappa shape index (κ3) is 2.43. The molecule has 0 radical (unpaired) electrons. The number of nitrogens with one attached hydrogen (secondary N) is 1. The van der Waals surface area contributed by atoms with Crippen LogP contribution in [0.15, 0.2) is 36.5 Å². The average Bonchev–Trinajstić information content (AvgIpc) is 2.46. The maximum absolute atomic E-state index is 4.59. The molecule has 2 unspecified atom stereocenters. The number of fused-ring (bicyclic) bond motifs is 1. The summed E-state index contributed by atoms with van der Waals surface area (Å²) in [5, 5.41) is 4.78. The lowest BCUT2D eigenvalue weighted by atomic mass is 10.1. The first-order valence-corrected chi connectivity index (χ1v) is 7.12. The predicted octanol–water partition coefficient (Wildman–Crippen LogP) is 2.81. The molecule has 2 heterocycles. The summed E-state index contributed by atoms with van der Waals surface area (Å²) >= 11 is 0. The fraction of sp³-hybridized carbons (Fsp3) is 0.438. The van der Waals surface area contributed by atoms with Crippen LogP contribution in [0.1, 0.15) is 20.3 Å². The van der Waals surface area contributed by atoms with Gasteiger partial charge in [-0.1, -0.05) is 25.1 Å². The maximum atomic E-state index is 4.59. The zero-order valence-corrected chi connectivity index (χ0v) is 11.6. The Morgan fingerprint density at radius 3 is 3.05 bits per heavy atom. The summed E-state index contributed by atoms with van der Waals surface area (Å²) in [5.41, 5.74) is 2.32. The molecule has 19 heavy (non-hydrogen) atoms. The molecule has 1 aliphatic rings. The molecule has 1 fully saturated rings. The molecule has 0 saturated carbocycles. The first-order chi connectivity index (χ1) is 9.28. The van der Waals surface area contributed by atoms with Crippen LogP contribution in [0.3, 0.4) is 0 Å². The normalized spacial score (nSPS) is 23.8. The lowest BCUT2D eigenvalue weighted by molar-refractivity contribution is 0.402. The molecule has 1 saturated heterocycles. The van der Waals surface area contributed by atoms with E-state index in [9.17, 15) is 0 Å². The Morgan fingerprint density at radius 1 is 1.37 bits per heavy atom. The molecule has 3 heteroatoms. The van der Waals surface area contributed by atoms with Gasteiger partial charge in [-0.05, 0) is 25.5 Å². The molecular weight excluding hydrogens is 234 g/mol. The number of nitrogens with zero attached hydrogens (tertiary/aromatic N) is 2. The van der Waals surface area contributed by atoms with Crippen molar-refractivity contribution in [2.24, 2.45) is 0 Å². The summed E-state index contributed by atoms with van der Waals surface area (Å²) in [6.07, 6.45) is 3.18. The molecule has 0 aliphatic carbocycles. The van der Waals surface area contributed by atoms with Gasteiger partial charge >= 0.3 is 0 Å². The van der Waals surface area contributed by atoms with Gasteiger partial charge in [0.25, 0.3) is 0 Å². The van der Waals surface area contributed by atoms with Crippen LogP contribution in [0, 0.1) is 0 Å². The van der Waals surface area contributed by atoms with Crippen LogP contribution in [0.5, 0.6) is 0 Å². The Hall–Kier alpha value is -1.61. The smallest absolute Gasteiger partial charge is 0.0703 e. The Bertz CT molecular complexity index is 567. The second-order valence-electron chi connectivity index (χ2n) is 5.41. The van der Waals surface area contributed by atoms with Gasteiger partial charge in [0.05, 0.1) is 17.4 Å². The topological polar surface area (TPSA) is 28.2 Å². The number of benzene rings is 1. The van der Waals surface area contributed by atoms with E-state index in [1.807, 2.05) is 12.3 Å². The fourth-order valence-corrected chi connectivity index (χ4v) is 2.85. The Morgan fingerprint density at radius 2 is 2.21 bits per heavy atom. The van der Waals surface area contributed by atoms with Gasteiger partial charge in [0, 0.05) is 30.6 Å². The quantitative estimate of drug-likeness (QED) is 0.894. The molecule has 3 nitrogen and oxygen atoms in total. The fourth-order valence-electron chi connectivity index (χ4n) is 2.85. The highest BCUT2D eigenvalue weighted by Gasteiger charge is 2.24. The van der Waals surface area contributed by atoms with Crippen molar-refractivity contribution in [3.05, 3.63) is 36.5 Å². The first-order valence-electron chi connectivity index (χ1n) is 7.12. The van der Waals surface area contributed by atoms with Crippen molar-refractivity contribution in [1.29, 1.82) is 0 Å². The zero-order valence-electron chi connectivity index (χ0n) is 11.6. The van der Waals surface area contributed by atoms with Gasteiger partial charge in [0.2, 0.25) is 0 Å². The van der Waals surface area contributed by atoms with E-state index < -0.39 is 0 Å².